The molecule has 0 atom stereocenters. The molecule has 0 amide bonds. The first-order chi connectivity index (χ1) is 12.3. The van der Waals surface area contributed by atoms with Gasteiger partial charge in [-0.15, -0.1) is 5.10 Å². The summed E-state index contributed by atoms with van der Waals surface area (Å²) >= 11 is 6.01. The van der Waals surface area contributed by atoms with Gasteiger partial charge in [-0.2, -0.15) is 0 Å². The number of aromatic nitrogens is 3. The lowest BCUT2D eigenvalue weighted by molar-refractivity contribution is 0.305. The molecule has 4 aromatic rings. The number of benzene rings is 2. The van der Waals surface area contributed by atoms with Gasteiger partial charge in [0.1, 0.15) is 0 Å². The number of halogens is 1. The fourth-order valence-electron chi connectivity index (χ4n) is 2.71. The minimum Gasteiger partial charge on any atom is -0.476 e. The van der Waals surface area contributed by atoms with Gasteiger partial charge in [0.2, 0.25) is 5.88 Å². The van der Waals surface area contributed by atoms with Crippen LogP contribution in [0.3, 0.4) is 0 Å². The molecular formula is C20H16ClN3O. The quantitative estimate of drug-likeness (QED) is 0.525. The van der Waals surface area contributed by atoms with Crippen molar-refractivity contribution in [3.8, 4) is 17.1 Å². The van der Waals surface area contributed by atoms with E-state index in [0.29, 0.717) is 12.5 Å². The van der Waals surface area contributed by atoms with Crippen LogP contribution in [0.25, 0.3) is 16.9 Å². The maximum atomic E-state index is 6.01. The number of hydrogen-bond acceptors (Lipinski definition) is 3. The summed E-state index contributed by atoms with van der Waals surface area (Å²) in [6.45, 7) is 0.536. The molecule has 5 heteroatoms. The van der Waals surface area contributed by atoms with E-state index >= 15 is 0 Å². The molecule has 0 fully saturated rings. The summed E-state index contributed by atoms with van der Waals surface area (Å²) < 4.78 is 7.62. The van der Waals surface area contributed by atoms with Gasteiger partial charge in [0.05, 0.1) is 18.5 Å². The summed E-state index contributed by atoms with van der Waals surface area (Å²) in [6.07, 6.45) is 2.60. The van der Waals surface area contributed by atoms with Crippen molar-refractivity contribution < 1.29 is 4.74 Å². The lowest BCUT2D eigenvalue weighted by Crippen LogP contribution is -2.05. The third-order valence-electron chi connectivity index (χ3n) is 3.94. The molecule has 0 saturated carbocycles. The highest BCUT2D eigenvalue weighted by molar-refractivity contribution is 6.30. The maximum absolute atomic E-state index is 6.01. The fraction of sp³-hybridized carbons (Fsp3) is 0.100. The van der Waals surface area contributed by atoms with Crippen LogP contribution in [0.1, 0.15) is 5.56 Å². The number of rotatable bonds is 5. The van der Waals surface area contributed by atoms with Crippen molar-refractivity contribution in [1.82, 2.24) is 14.6 Å². The Balaban J connectivity index is 1.53. The molecule has 0 saturated heterocycles. The van der Waals surface area contributed by atoms with Crippen LogP contribution in [0.2, 0.25) is 5.02 Å². The van der Waals surface area contributed by atoms with Crippen molar-refractivity contribution in [3.05, 3.63) is 83.5 Å². The summed E-state index contributed by atoms with van der Waals surface area (Å²) in [6, 6.07) is 21.6. The summed E-state index contributed by atoms with van der Waals surface area (Å²) in [5.74, 6) is 0.574. The van der Waals surface area contributed by atoms with Crippen LogP contribution in [-0.2, 0) is 6.42 Å². The second-order valence-electron chi connectivity index (χ2n) is 5.68. The molecule has 0 bridgehead atoms. The number of nitrogens with zero attached hydrogens (tertiary/aromatic N) is 3. The molecule has 0 aliphatic carbocycles. The van der Waals surface area contributed by atoms with Crippen molar-refractivity contribution in [2.24, 2.45) is 0 Å². The molecule has 4 nitrogen and oxygen atoms in total. The van der Waals surface area contributed by atoms with Crippen molar-refractivity contribution in [1.29, 1.82) is 0 Å². The molecule has 2 aromatic heterocycles. The van der Waals surface area contributed by atoms with Crippen molar-refractivity contribution in [3.63, 3.8) is 0 Å². The Morgan fingerprint density at radius 2 is 1.84 bits per heavy atom. The smallest absolute Gasteiger partial charge is 0.231 e. The van der Waals surface area contributed by atoms with Crippen molar-refractivity contribution >= 4 is 17.2 Å². The molecule has 0 radical (unpaired) electrons. The average Bonchev–Trinajstić information content (AvgIpc) is 3.06. The topological polar surface area (TPSA) is 39.4 Å². The van der Waals surface area contributed by atoms with E-state index in [9.17, 15) is 0 Å². The van der Waals surface area contributed by atoms with Gasteiger partial charge in [0.15, 0.2) is 5.65 Å². The third kappa shape index (κ3) is 3.49. The van der Waals surface area contributed by atoms with Crippen LogP contribution in [-0.4, -0.2) is 21.2 Å². The minimum atomic E-state index is 0.536. The van der Waals surface area contributed by atoms with Crippen LogP contribution in [0.4, 0.5) is 0 Å². The Bertz CT molecular complexity index is 998. The summed E-state index contributed by atoms with van der Waals surface area (Å²) in [5.41, 5.74) is 3.94. The predicted molar refractivity (Wildman–Crippen MR) is 99.1 cm³/mol. The van der Waals surface area contributed by atoms with Crippen LogP contribution >= 0.6 is 11.6 Å². The monoisotopic (exact) mass is 349 g/mol. The van der Waals surface area contributed by atoms with E-state index in [4.69, 9.17) is 16.3 Å². The molecule has 0 aliphatic rings. The normalized spacial score (nSPS) is 10.9. The van der Waals surface area contributed by atoms with E-state index in [-0.39, 0.29) is 0 Å². The predicted octanol–water partition coefficient (Wildman–Crippen LogP) is 4.67. The van der Waals surface area contributed by atoms with E-state index in [1.54, 1.807) is 0 Å². The second-order valence-corrected chi connectivity index (χ2v) is 6.12. The summed E-state index contributed by atoms with van der Waals surface area (Å²) in [5, 5.41) is 5.31. The Morgan fingerprint density at radius 1 is 0.960 bits per heavy atom. The molecule has 0 unspecified atom stereocenters. The van der Waals surface area contributed by atoms with Gasteiger partial charge in [-0.25, -0.2) is 9.50 Å². The van der Waals surface area contributed by atoms with Gasteiger partial charge in [-0.3, -0.25) is 0 Å². The molecule has 0 spiro atoms. The lowest BCUT2D eigenvalue weighted by atomic mass is 10.2. The van der Waals surface area contributed by atoms with Gasteiger partial charge in [-0.05, 0) is 23.8 Å². The number of hydrogen-bond donors (Lipinski definition) is 0. The molecule has 4 rings (SSSR count). The van der Waals surface area contributed by atoms with E-state index in [2.05, 4.69) is 10.1 Å². The minimum absolute atomic E-state index is 0.536. The van der Waals surface area contributed by atoms with Gasteiger partial charge in [0, 0.05) is 23.1 Å². The average molecular weight is 350 g/mol. The Hall–Kier alpha value is -2.85. The van der Waals surface area contributed by atoms with E-state index in [0.717, 1.165) is 33.9 Å². The van der Waals surface area contributed by atoms with Gasteiger partial charge in [-0.1, -0.05) is 54.1 Å². The van der Waals surface area contributed by atoms with Gasteiger partial charge in [0.25, 0.3) is 0 Å². The first-order valence-corrected chi connectivity index (χ1v) is 8.45. The first kappa shape index (κ1) is 15.7. The fourth-order valence-corrected chi connectivity index (χ4v) is 2.92. The zero-order valence-corrected chi connectivity index (χ0v) is 14.2. The Kier molecular flexibility index (Phi) is 4.36. The molecular weight excluding hydrogens is 334 g/mol. The number of imidazole rings is 1. The highest BCUT2D eigenvalue weighted by Crippen LogP contribution is 2.21. The van der Waals surface area contributed by atoms with E-state index in [1.165, 1.54) is 0 Å². The molecule has 124 valence electrons. The zero-order valence-electron chi connectivity index (χ0n) is 13.5. The largest absolute Gasteiger partial charge is 0.476 e. The summed E-state index contributed by atoms with van der Waals surface area (Å²) in [4.78, 5) is 4.40. The van der Waals surface area contributed by atoms with Crippen LogP contribution in [0, 0.1) is 0 Å². The highest BCUT2D eigenvalue weighted by atomic mass is 35.5. The molecule has 2 aromatic carbocycles. The maximum Gasteiger partial charge on any atom is 0.231 e. The molecule has 25 heavy (non-hydrogen) atoms. The van der Waals surface area contributed by atoms with E-state index in [1.807, 2.05) is 77.4 Å². The van der Waals surface area contributed by atoms with E-state index < -0.39 is 0 Å². The van der Waals surface area contributed by atoms with Gasteiger partial charge >= 0.3 is 0 Å². The lowest BCUT2D eigenvalue weighted by Gasteiger charge is -2.07. The Morgan fingerprint density at radius 3 is 2.68 bits per heavy atom. The number of ether oxygens (including phenoxy) is 1. The highest BCUT2D eigenvalue weighted by Gasteiger charge is 2.08. The molecule has 2 heterocycles. The zero-order chi connectivity index (χ0) is 17.1. The summed E-state index contributed by atoms with van der Waals surface area (Å²) in [7, 11) is 0. The Labute approximate surface area is 150 Å². The number of fused-ring (bicyclic) bond motifs is 1. The SMILES string of the molecule is Clc1cccc(CCOc2ccc3ncc(-c4ccccc4)n3n2)c1. The standard InChI is InChI=1S/C20H16ClN3O/c21-17-8-4-5-15(13-17)11-12-25-20-10-9-19-22-14-18(24(19)23-20)16-6-2-1-3-7-16/h1-10,13-14H,11-12H2. The van der Waals surface area contributed by atoms with Crippen molar-refractivity contribution in [2.45, 2.75) is 6.42 Å². The van der Waals surface area contributed by atoms with Crippen LogP contribution < -0.4 is 4.74 Å². The van der Waals surface area contributed by atoms with Crippen LogP contribution in [0.5, 0.6) is 5.88 Å². The van der Waals surface area contributed by atoms with Gasteiger partial charge < -0.3 is 4.74 Å². The second kappa shape index (κ2) is 6.95. The third-order valence-corrected chi connectivity index (χ3v) is 4.17. The molecule has 0 N–H and O–H groups in total. The first-order valence-electron chi connectivity index (χ1n) is 8.07. The molecule has 0 aliphatic heterocycles. The van der Waals surface area contributed by atoms with Crippen molar-refractivity contribution in [2.75, 3.05) is 6.61 Å². The van der Waals surface area contributed by atoms with Crippen LogP contribution in [0.15, 0.2) is 72.9 Å².